The lowest BCUT2D eigenvalue weighted by Gasteiger charge is -2.14. The molecule has 0 radical (unpaired) electrons. The number of benzene rings is 2. The van der Waals surface area contributed by atoms with Crippen LogP contribution in [0.2, 0.25) is 0 Å². The number of azide groups is 2. The van der Waals surface area contributed by atoms with E-state index in [9.17, 15) is 0 Å². The van der Waals surface area contributed by atoms with E-state index in [1.807, 2.05) is 0 Å². The summed E-state index contributed by atoms with van der Waals surface area (Å²) in [5.74, 6) is 0.721. The SMILES string of the molecule is COc1cc2cccc(N=[N+]=[N-])c2c(N=[N+]=[N-])c1OC. The van der Waals surface area contributed by atoms with Crippen molar-refractivity contribution in [3.05, 3.63) is 45.2 Å². The summed E-state index contributed by atoms with van der Waals surface area (Å²) in [5, 5.41) is 8.49. The van der Waals surface area contributed by atoms with E-state index < -0.39 is 0 Å². The third kappa shape index (κ3) is 2.12. The number of fused-ring (bicyclic) bond motifs is 1. The van der Waals surface area contributed by atoms with Crippen LogP contribution in [0, 0.1) is 0 Å². The van der Waals surface area contributed by atoms with Gasteiger partial charge in [-0.25, -0.2) is 0 Å². The molecular weight excluding hydrogens is 260 g/mol. The first-order chi connectivity index (χ1) is 9.76. The van der Waals surface area contributed by atoms with Crippen LogP contribution >= 0.6 is 0 Å². The zero-order valence-corrected chi connectivity index (χ0v) is 10.8. The molecule has 0 unspecified atom stereocenters. The third-order valence-corrected chi connectivity index (χ3v) is 2.76. The molecule has 0 N–H and O–H groups in total. The average Bonchev–Trinajstić information content (AvgIpc) is 2.47. The molecule has 0 saturated heterocycles. The molecule has 2 rings (SSSR count). The van der Waals surface area contributed by atoms with Crippen LogP contribution in [-0.2, 0) is 0 Å². The first kappa shape index (κ1) is 13.4. The molecule has 2 aromatic carbocycles. The predicted molar refractivity (Wildman–Crippen MR) is 74.7 cm³/mol. The van der Waals surface area contributed by atoms with Gasteiger partial charge < -0.3 is 9.47 Å². The summed E-state index contributed by atoms with van der Waals surface area (Å²) in [6.07, 6.45) is 0. The summed E-state index contributed by atoms with van der Waals surface area (Å²) in [5.41, 5.74) is 18.0. The van der Waals surface area contributed by atoms with Crippen molar-refractivity contribution in [2.45, 2.75) is 0 Å². The lowest BCUT2D eigenvalue weighted by Crippen LogP contribution is -1.91. The Labute approximate surface area is 113 Å². The van der Waals surface area contributed by atoms with E-state index in [4.69, 9.17) is 20.5 Å². The van der Waals surface area contributed by atoms with Gasteiger partial charge in [-0.15, -0.1) is 0 Å². The molecule has 8 heteroatoms. The van der Waals surface area contributed by atoms with Crippen molar-refractivity contribution in [3.8, 4) is 11.5 Å². The average molecular weight is 270 g/mol. The monoisotopic (exact) mass is 270 g/mol. The Morgan fingerprint density at radius 1 is 1.05 bits per heavy atom. The van der Waals surface area contributed by atoms with Crippen LogP contribution in [0.4, 0.5) is 11.4 Å². The fourth-order valence-electron chi connectivity index (χ4n) is 1.99. The zero-order chi connectivity index (χ0) is 14.5. The second-order valence-electron chi connectivity index (χ2n) is 3.71. The molecule has 2 aromatic rings. The lowest BCUT2D eigenvalue weighted by atomic mass is 10.1. The normalized spacial score (nSPS) is 9.50. The van der Waals surface area contributed by atoms with Crippen molar-refractivity contribution >= 4 is 22.1 Å². The second-order valence-corrected chi connectivity index (χ2v) is 3.71. The minimum Gasteiger partial charge on any atom is -0.493 e. The molecule has 20 heavy (non-hydrogen) atoms. The van der Waals surface area contributed by atoms with Crippen LogP contribution in [0.1, 0.15) is 0 Å². The van der Waals surface area contributed by atoms with E-state index in [-0.39, 0.29) is 5.69 Å². The molecule has 100 valence electrons. The molecule has 0 aliphatic carbocycles. The molecule has 0 aromatic heterocycles. The van der Waals surface area contributed by atoms with Gasteiger partial charge in [-0.05, 0) is 22.5 Å². The van der Waals surface area contributed by atoms with E-state index in [0.717, 1.165) is 5.39 Å². The summed E-state index contributed by atoms with van der Waals surface area (Å²) < 4.78 is 10.5. The first-order valence-electron chi connectivity index (χ1n) is 5.54. The lowest BCUT2D eigenvalue weighted by molar-refractivity contribution is 0.357. The molecule has 0 saturated carbocycles. The Balaban J connectivity index is 3.02. The Kier molecular flexibility index (Phi) is 3.81. The number of methoxy groups -OCH3 is 2. The smallest absolute Gasteiger partial charge is 0.170 e. The van der Waals surface area contributed by atoms with Gasteiger partial charge in [-0.2, -0.15) is 0 Å². The van der Waals surface area contributed by atoms with Gasteiger partial charge in [0.15, 0.2) is 11.5 Å². The quantitative estimate of drug-likeness (QED) is 0.453. The fourth-order valence-corrected chi connectivity index (χ4v) is 1.99. The van der Waals surface area contributed by atoms with Gasteiger partial charge in [0.25, 0.3) is 0 Å². The van der Waals surface area contributed by atoms with Gasteiger partial charge in [0.1, 0.15) is 0 Å². The standard InChI is InChI=1S/C12H10N6O2/c1-19-9-6-7-4-3-5-8(15-17-13)10(7)11(16-18-14)12(9)20-2/h3-6H,1-2H3. The highest BCUT2D eigenvalue weighted by Crippen LogP contribution is 2.46. The number of ether oxygens (including phenoxy) is 2. The van der Waals surface area contributed by atoms with Gasteiger partial charge in [0.05, 0.1) is 19.9 Å². The molecular formula is C12H10N6O2. The van der Waals surface area contributed by atoms with Crippen LogP contribution in [0.25, 0.3) is 31.7 Å². The molecule has 0 bridgehead atoms. The number of nitrogens with zero attached hydrogens (tertiary/aromatic N) is 6. The Bertz CT molecular complexity index is 760. The van der Waals surface area contributed by atoms with Crippen molar-refractivity contribution in [1.29, 1.82) is 0 Å². The second kappa shape index (κ2) is 5.71. The number of hydrogen-bond acceptors (Lipinski definition) is 4. The highest BCUT2D eigenvalue weighted by Gasteiger charge is 2.15. The fraction of sp³-hybridized carbons (Fsp3) is 0.167. The molecule has 0 atom stereocenters. The van der Waals surface area contributed by atoms with Crippen LogP contribution in [-0.4, -0.2) is 14.2 Å². The van der Waals surface area contributed by atoms with Crippen molar-refractivity contribution in [2.24, 2.45) is 10.2 Å². The van der Waals surface area contributed by atoms with E-state index in [1.54, 1.807) is 24.3 Å². The maximum Gasteiger partial charge on any atom is 0.170 e. The molecule has 0 heterocycles. The Morgan fingerprint density at radius 2 is 1.80 bits per heavy atom. The van der Waals surface area contributed by atoms with Gasteiger partial charge >= 0.3 is 0 Å². The molecule has 0 spiro atoms. The maximum atomic E-state index is 8.74. The van der Waals surface area contributed by atoms with Gasteiger partial charge in [0, 0.05) is 20.9 Å². The topological polar surface area (TPSA) is 116 Å². The van der Waals surface area contributed by atoms with Gasteiger partial charge in [-0.1, -0.05) is 28.4 Å². The minimum atomic E-state index is 0.229. The summed E-state index contributed by atoms with van der Waals surface area (Å²) in [7, 11) is 2.93. The summed E-state index contributed by atoms with van der Waals surface area (Å²) in [6, 6.07) is 6.88. The molecule has 0 aliphatic rings. The highest BCUT2D eigenvalue weighted by atomic mass is 16.5. The predicted octanol–water partition coefficient (Wildman–Crippen LogP) is 4.74. The first-order valence-corrected chi connectivity index (χ1v) is 5.54. The summed E-state index contributed by atoms with van der Waals surface area (Å²) in [4.78, 5) is 5.57. The maximum absolute atomic E-state index is 8.74. The highest BCUT2D eigenvalue weighted by molar-refractivity contribution is 6.04. The van der Waals surface area contributed by atoms with Crippen molar-refractivity contribution in [2.75, 3.05) is 14.2 Å². The Hall–Kier alpha value is -3.08. The van der Waals surface area contributed by atoms with E-state index in [2.05, 4.69) is 20.1 Å². The minimum absolute atomic E-state index is 0.229. The molecule has 0 amide bonds. The zero-order valence-electron chi connectivity index (χ0n) is 10.8. The van der Waals surface area contributed by atoms with Crippen LogP contribution < -0.4 is 9.47 Å². The summed E-state index contributed by atoms with van der Waals surface area (Å²) >= 11 is 0. The number of hydrogen-bond donors (Lipinski definition) is 0. The van der Waals surface area contributed by atoms with E-state index >= 15 is 0 Å². The van der Waals surface area contributed by atoms with Crippen LogP contribution in [0.5, 0.6) is 11.5 Å². The van der Waals surface area contributed by atoms with Crippen LogP contribution in [0.15, 0.2) is 34.5 Å². The van der Waals surface area contributed by atoms with Gasteiger partial charge in [0.2, 0.25) is 0 Å². The molecule has 0 aliphatic heterocycles. The number of rotatable bonds is 4. The van der Waals surface area contributed by atoms with Crippen molar-refractivity contribution in [3.63, 3.8) is 0 Å². The Morgan fingerprint density at radius 3 is 2.40 bits per heavy atom. The van der Waals surface area contributed by atoms with Crippen molar-refractivity contribution in [1.82, 2.24) is 0 Å². The van der Waals surface area contributed by atoms with Crippen molar-refractivity contribution < 1.29 is 9.47 Å². The van der Waals surface area contributed by atoms with E-state index in [0.29, 0.717) is 22.6 Å². The van der Waals surface area contributed by atoms with Gasteiger partial charge in [-0.3, -0.25) is 0 Å². The largest absolute Gasteiger partial charge is 0.493 e. The third-order valence-electron chi connectivity index (χ3n) is 2.76. The summed E-state index contributed by atoms with van der Waals surface area (Å²) in [6.45, 7) is 0. The van der Waals surface area contributed by atoms with Crippen LogP contribution in [0.3, 0.4) is 0 Å². The van der Waals surface area contributed by atoms with E-state index in [1.165, 1.54) is 14.2 Å². The molecule has 0 fully saturated rings. The molecule has 8 nitrogen and oxygen atoms in total.